The van der Waals surface area contributed by atoms with E-state index >= 15 is 0 Å². The summed E-state index contributed by atoms with van der Waals surface area (Å²) in [5.41, 5.74) is 2.01. The molecular weight excluding hydrogens is 264 g/mol. The van der Waals surface area contributed by atoms with Gasteiger partial charge in [-0.3, -0.25) is 4.79 Å². The average molecular weight is 290 g/mol. The maximum atomic E-state index is 11.1. The molecule has 21 heavy (non-hydrogen) atoms. The molecule has 116 valence electrons. The number of carbonyl (C=O) groups is 1. The number of nitrogens with one attached hydrogen (secondary N) is 1. The van der Waals surface area contributed by atoms with Crippen LogP contribution in [0.5, 0.6) is 0 Å². The molecule has 2 atom stereocenters. The molecule has 1 saturated carbocycles. The number of amides is 1. The molecule has 1 fully saturated rings. The van der Waals surface area contributed by atoms with Crippen LogP contribution in [0.3, 0.4) is 0 Å². The van der Waals surface area contributed by atoms with Gasteiger partial charge in [0, 0.05) is 25.7 Å². The Hall–Kier alpha value is -1.39. The summed E-state index contributed by atoms with van der Waals surface area (Å²) in [4.78, 5) is 13.4. The highest BCUT2D eigenvalue weighted by atomic mass is 16.3. The van der Waals surface area contributed by atoms with Gasteiger partial charge < -0.3 is 15.3 Å². The Labute approximate surface area is 127 Å². The van der Waals surface area contributed by atoms with Gasteiger partial charge in [0.05, 0.1) is 6.10 Å². The summed E-state index contributed by atoms with van der Waals surface area (Å²) in [6.45, 7) is 3.27. The highest BCUT2D eigenvalue weighted by Gasteiger charge is 2.23. The van der Waals surface area contributed by atoms with Crippen LogP contribution in [0.15, 0.2) is 24.3 Å². The Bertz CT molecular complexity index is 476. The molecule has 1 amide bonds. The van der Waals surface area contributed by atoms with Crippen LogP contribution in [0.4, 0.5) is 5.69 Å². The van der Waals surface area contributed by atoms with Crippen molar-refractivity contribution in [3.05, 3.63) is 29.8 Å². The molecule has 1 aliphatic carbocycles. The monoisotopic (exact) mass is 290 g/mol. The maximum Gasteiger partial charge on any atom is 0.221 e. The number of nitrogens with zero attached hydrogens (tertiary/aromatic N) is 1. The minimum absolute atomic E-state index is 0.0502. The van der Waals surface area contributed by atoms with E-state index in [1.54, 1.807) is 0 Å². The van der Waals surface area contributed by atoms with Crippen LogP contribution in [-0.4, -0.2) is 35.6 Å². The van der Waals surface area contributed by atoms with Crippen LogP contribution >= 0.6 is 0 Å². The van der Waals surface area contributed by atoms with E-state index in [4.69, 9.17) is 0 Å². The summed E-state index contributed by atoms with van der Waals surface area (Å²) in [6, 6.07) is 7.94. The molecule has 4 heteroatoms. The summed E-state index contributed by atoms with van der Waals surface area (Å²) >= 11 is 0. The molecule has 2 rings (SSSR count). The molecule has 0 aromatic heterocycles. The second-order valence-electron chi connectivity index (χ2n) is 6.19. The smallest absolute Gasteiger partial charge is 0.221 e. The lowest BCUT2D eigenvalue weighted by molar-refractivity contribution is -0.114. The fraction of sp³-hybridized carbons (Fsp3) is 0.588. The lowest BCUT2D eigenvalue weighted by Crippen LogP contribution is -2.34. The van der Waals surface area contributed by atoms with E-state index in [1.807, 2.05) is 18.2 Å². The van der Waals surface area contributed by atoms with Crippen molar-refractivity contribution in [3.8, 4) is 0 Å². The third-order valence-electron chi connectivity index (χ3n) is 4.11. The Morgan fingerprint density at radius 3 is 2.86 bits per heavy atom. The number of hydrogen-bond donors (Lipinski definition) is 2. The summed E-state index contributed by atoms with van der Waals surface area (Å²) < 4.78 is 0. The standard InChI is InChI=1S/C17H26N2O2/c1-13(20)18-16-8-5-6-14(10-16)11-19(2)12-15-7-3-4-9-17(15)21/h5-6,8,10,15,17,21H,3-4,7,9,11-12H2,1-2H3,(H,18,20). The van der Waals surface area contributed by atoms with Crippen molar-refractivity contribution in [3.63, 3.8) is 0 Å². The molecule has 2 N–H and O–H groups in total. The molecule has 0 saturated heterocycles. The van der Waals surface area contributed by atoms with Crippen molar-refractivity contribution in [1.82, 2.24) is 4.90 Å². The summed E-state index contributed by atoms with van der Waals surface area (Å²) in [7, 11) is 2.09. The largest absolute Gasteiger partial charge is 0.393 e. The van der Waals surface area contributed by atoms with E-state index in [-0.39, 0.29) is 12.0 Å². The molecule has 2 unspecified atom stereocenters. The molecule has 1 aromatic carbocycles. The lowest BCUT2D eigenvalue weighted by Gasteiger charge is -2.31. The molecule has 1 aliphatic rings. The van der Waals surface area contributed by atoms with Gasteiger partial charge in [-0.1, -0.05) is 25.0 Å². The van der Waals surface area contributed by atoms with Crippen LogP contribution in [-0.2, 0) is 11.3 Å². The molecule has 1 aromatic rings. The molecule has 0 bridgehead atoms. The van der Waals surface area contributed by atoms with Crippen molar-refractivity contribution in [2.45, 2.75) is 45.3 Å². The second-order valence-corrected chi connectivity index (χ2v) is 6.19. The highest BCUT2D eigenvalue weighted by molar-refractivity contribution is 5.88. The number of aliphatic hydroxyl groups is 1. The fourth-order valence-electron chi connectivity index (χ4n) is 3.13. The fourth-order valence-corrected chi connectivity index (χ4v) is 3.13. The van der Waals surface area contributed by atoms with Gasteiger partial charge in [-0.2, -0.15) is 0 Å². The van der Waals surface area contributed by atoms with Crippen LogP contribution < -0.4 is 5.32 Å². The van der Waals surface area contributed by atoms with E-state index in [2.05, 4.69) is 23.3 Å². The summed E-state index contributed by atoms with van der Waals surface area (Å²) in [5.74, 6) is 0.341. The van der Waals surface area contributed by atoms with Gasteiger partial charge in [-0.05, 0) is 43.5 Å². The Morgan fingerprint density at radius 1 is 1.38 bits per heavy atom. The third kappa shape index (κ3) is 5.14. The normalized spacial score (nSPS) is 22.3. The Balaban J connectivity index is 1.89. The first kappa shape index (κ1) is 16.0. The number of anilines is 1. The molecule has 0 radical (unpaired) electrons. The second kappa shape index (κ2) is 7.57. The number of hydrogen-bond acceptors (Lipinski definition) is 3. The van der Waals surface area contributed by atoms with E-state index < -0.39 is 0 Å². The van der Waals surface area contributed by atoms with E-state index in [9.17, 15) is 9.90 Å². The highest BCUT2D eigenvalue weighted by Crippen LogP contribution is 2.25. The van der Waals surface area contributed by atoms with Gasteiger partial charge in [0.15, 0.2) is 0 Å². The lowest BCUT2D eigenvalue weighted by atomic mass is 9.86. The number of aliphatic hydroxyl groups excluding tert-OH is 1. The molecule has 4 nitrogen and oxygen atoms in total. The predicted molar refractivity (Wildman–Crippen MR) is 85.0 cm³/mol. The van der Waals surface area contributed by atoms with E-state index in [0.717, 1.165) is 38.0 Å². The topological polar surface area (TPSA) is 52.6 Å². The summed E-state index contributed by atoms with van der Waals surface area (Å²) in [5, 5.41) is 12.9. The zero-order valence-corrected chi connectivity index (χ0v) is 13.0. The maximum absolute atomic E-state index is 11.1. The predicted octanol–water partition coefficient (Wildman–Crippen LogP) is 2.63. The zero-order valence-electron chi connectivity index (χ0n) is 13.0. The van der Waals surface area contributed by atoms with Gasteiger partial charge in [-0.25, -0.2) is 0 Å². The van der Waals surface area contributed by atoms with Gasteiger partial charge in [-0.15, -0.1) is 0 Å². The van der Waals surface area contributed by atoms with Crippen molar-refractivity contribution < 1.29 is 9.90 Å². The molecule has 0 heterocycles. The summed E-state index contributed by atoms with van der Waals surface area (Å²) in [6.07, 6.45) is 4.30. The molecular formula is C17H26N2O2. The van der Waals surface area contributed by atoms with Crippen molar-refractivity contribution >= 4 is 11.6 Å². The van der Waals surface area contributed by atoms with E-state index in [1.165, 1.54) is 18.9 Å². The number of carbonyl (C=O) groups excluding carboxylic acids is 1. The van der Waals surface area contributed by atoms with Crippen LogP contribution in [0, 0.1) is 5.92 Å². The third-order valence-corrected chi connectivity index (χ3v) is 4.11. The van der Waals surface area contributed by atoms with Crippen LogP contribution in [0.2, 0.25) is 0 Å². The Morgan fingerprint density at radius 2 is 2.14 bits per heavy atom. The van der Waals surface area contributed by atoms with Crippen molar-refractivity contribution in [2.75, 3.05) is 18.9 Å². The first-order chi connectivity index (χ1) is 10.0. The van der Waals surface area contributed by atoms with Crippen LogP contribution in [0.25, 0.3) is 0 Å². The van der Waals surface area contributed by atoms with Crippen LogP contribution in [0.1, 0.15) is 38.2 Å². The average Bonchev–Trinajstić information content (AvgIpc) is 2.41. The molecule has 0 spiro atoms. The first-order valence-corrected chi connectivity index (χ1v) is 7.77. The van der Waals surface area contributed by atoms with Gasteiger partial charge >= 0.3 is 0 Å². The minimum atomic E-state index is -0.146. The van der Waals surface area contributed by atoms with Crippen molar-refractivity contribution in [2.24, 2.45) is 5.92 Å². The molecule has 0 aliphatic heterocycles. The number of benzene rings is 1. The van der Waals surface area contributed by atoms with Gasteiger partial charge in [0.2, 0.25) is 5.91 Å². The SMILES string of the molecule is CC(=O)Nc1cccc(CN(C)CC2CCCCC2O)c1. The van der Waals surface area contributed by atoms with Gasteiger partial charge in [0.1, 0.15) is 0 Å². The first-order valence-electron chi connectivity index (χ1n) is 7.77. The Kier molecular flexibility index (Phi) is 5.76. The quantitative estimate of drug-likeness (QED) is 0.876. The minimum Gasteiger partial charge on any atom is -0.393 e. The van der Waals surface area contributed by atoms with Crippen molar-refractivity contribution in [1.29, 1.82) is 0 Å². The zero-order chi connectivity index (χ0) is 15.2. The number of rotatable bonds is 5. The van der Waals surface area contributed by atoms with Gasteiger partial charge in [0.25, 0.3) is 0 Å². The van der Waals surface area contributed by atoms with E-state index in [0.29, 0.717) is 5.92 Å².